The van der Waals surface area contributed by atoms with E-state index in [1.807, 2.05) is 18.2 Å². The molecule has 0 radical (unpaired) electrons. The first-order chi connectivity index (χ1) is 20.3. The van der Waals surface area contributed by atoms with Gasteiger partial charge in [0.05, 0.1) is 18.6 Å². The molecule has 42 heavy (non-hydrogen) atoms. The molecular weight excluding hydrogens is 554 g/mol. The average molecular weight is 590 g/mol. The third kappa shape index (κ3) is 6.76. The summed E-state index contributed by atoms with van der Waals surface area (Å²) in [5, 5.41) is 7.16. The first kappa shape index (κ1) is 29.2. The van der Waals surface area contributed by atoms with Crippen LogP contribution in [0.15, 0.2) is 59.0 Å². The zero-order valence-electron chi connectivity index (χ0n) is 23.3. The maximum atomic E-state index is 13.4. The Morgan fingerprint density at radius 1 is 1.12 bits per heavy atom. The highest BCUT2D eigenvalue weighted by molar-refractivity contribution is 7.11. The molecule has 3 unspecified atom stereocenters. The minimum absolute atomic E-state index is 0.0383. The van der Waals surface area contributed by atoms with Crippen LogP contribution < -0.4 is 16.8 Å². The number of Topliss-reactive ketones (excluding diaryl/α,β-unsaturated/α-hetero) is 1. The maximum Gasteiger partial charge on any atom is 0.243 e. The quantitative estimate of drug-likeness (QED) is 0.133. The molecule has 0 bridgehead atoms. The molecule has 3 aromatic rings. The molecule has 220 valence electrons. The Bertz CT molecular complexity index is 1490. The van der Waals surface area contributed by atoms with E-state index in [0.717, 1.165) is 16.3 Å². The van der Waals surface area contributed by atoms with Gasteiger partial charge in [-0.3, -0.25) is 24.2 Å². The second kappa shape index (κ2) is 13.1. The average Bonchev–Trinajstić information content (AvgIpc) is 3.68. The number of carbonyl (C=O) groups is 4. The van der Waals surface area contributed by atoms with Gasteiger partial charge < -0.3 is 26.6 Å². The number of nitrogens with zero attached hydrogens (tertiary/aromatic N) is 4. The molecular formula is C30H35N7O4S. The molecule has 2 saturated heterocycles. The van der Waals surface area contributed by atoms with Crippen molar-refractivity contribution in [3.8, 4) is 0 Å². The summed E-state index contributed by atoms with van der Waals surface area (Å²) in [6.07, 6.45) is 4.31. The number of ketones is 1. The zero-order valence-corrected chi connectivity index (χ0v) is 24.1. The fourth-order valence-electron chi connectivity index (χ4n) is 5.79. The fourth-order valence-corrected chi connectivity index (χ4v) is 6.42. The van der Waals surface area contributed by atoms with E-state index in [2.05, 4.69) is 39.6 Å². The lowest BCUT2D eigenvalue weighted by Gasteiger charge is -2.39. The summed E-state index contributed by atoms with van der Waals surface area (Å²) in [6.45, 7) is 0.656. The van der Waals surface area contributed by atoms with Crippen LogP contribution in [0.2, 0.25) is 0 Å². The minimum Gasteiger partial charge on any atom is -0.370 e. The molecule has 3 amide bonds. The SMILES string of the molecule is NC(N)=NCCCC(NC(=O)C1CCC2CN(C(=O)CCc3ccc4ccccc4c3)CC(=O)N21)C(=O)c1nccs1. The third-order valence-electron chi connectivity index (χ3n) is 7.87. The lowest BCUT2D eigenvalue weighted by Crippen LogP contribution is -2.60. The topological polar surface area (TPSA) is 164 Å². The van der Waals surface area contributed by atoms with Gasteiger partial charge in [0.25, 0.3) is 0 Å². The number of rotatable bonds is 11. The lowest BCUT2D eigenvalue weighted by molar-refractivity contribution is -0.151. The van der Waals surface area contributed by atoms with Crippen molar-refractivity contribution in [2.45, 2.75) is 56.7 Å². The molecule has 3 heterocycles. The Labute approximate surface area is 248 Å². The van der Waals surface area contributed by atoms with Gasteiger partial charge in [-0.05, 0) is 48.4 Å². The van der Waals surface area contributed by atoms with Crippen molar-refractivity contribution in [3.05, 3.63) is 64.6 Å². The van der Waals surface area contributed by atoms with Gasteiger partial charge in [0.2, 0.25) is 23.5 Å². The van der Waals surface area contributed by atoms with E-state index in [4.69, 9.17) is 11.5 Å². The Balaban J connectivity index is 1.18. The number of nitrogens with two attached hydrogens (primary N) is 2. The highest BCUT2D eigenvalue weighted by Gasteiger charge is 2.46. The number of guanidine groups is 1. The monoisotopic (exact) mass is 589 g/mol. The molecule has 0 spiro atoms. The molecule has 0 saturated carbocycles. The highest BCUT2D eigenvalue weighted by atomic mass is 32.1. The number of benzene rings is 2. The number of aliphatic imine (C=N–C) groups is 1. The molecule has 5 rings (SSSR count). The van der Waals surface area contributed by atoms with Crippen molar-refractivity contribution in [3.63, 3.8) is 0 Å². The number of amides is 3. The van der Waals surface area contributed by atoms with Crippen LogP contribution in [0.25, 0.3) is 10.8 Å². The Kier molecular flexibility index (Phi) is 9.11. The largest absolute Gasteiger partial charge is 0.370 e. The van der Waals surface area contributed by atoms with E-state index < -0.39 is 12.1 Å². The van der Waals surface area contributed by atoms with Crippen LogP contribution in [-0.2, 0) is 20.8 Å². The van der Waals surface area contributed by atoms with Crippen LogP contribution in [-0.4, -0.2) is 82.0 Å². The Morgan fingerprint density at radius 3 is 2.69 bits per heavy atom. The second-order valence-corrected chi connectivity index (χ2v) is 11.6. The van der Waals surface area contributed by atoms with Gasteiger partial charge in [0.15, 0.2) is 11.0 Å². The Hall–Kier alpha value is -4.32. The van der Waals surface area contributed by atoms with Crippen molar-refractivity contribution >= 4 is 51.6 Å². The summed E-state index contributed by atoms with van der Waals surface area (Å²) in [4.78, 5) is 64.1. The smallest absolute Gasteiger partial charge is 0.243 e. The summed E-state index contributed by atoms with van der Waals surface area (Å²) in [6, 6.07) is 12.5. The van der Waals surface area contributed by atoms with Crippen LogP contribution in [0.4, 0.5) is 0 Å². The molecule has 1 aromatic heterocycles. The highest BCUT2D eigenvalue weighted by Crippen LogP contribution is 2.29. The van der Waals surface area contributed by atoms with Crippen LogP contribution in [0.5, 0.6) is 0 Å². The van der Waals surface area contributed by atoms with Gasteiger partial charge in [0.1, 0.15) is 6.04 Å². The molecule has 12 heteroatoms. The molecule has 5 N–H and O–H groups in total. The molecule has 11 nitrogen and oxygen atoms in total. The zero-order chi connectivity index (χ0) is 29.6. The number of hydrogen-bond acceptors (Lipinski definition) is 7. The minimum atomic E-state index is -0.815. The number of aryl methyl sites for hydroxylation is 1. The molecule has 2 fully saturated rings. The number of piperazine rings is 1. The summed E-state index contributed by atoms with van der Waals surface area (Å²) >= 11 is 1.21. The number of carbonyl (C=O) groups excluding carboxylic acids is 4. The summed E-state index contributed by atoms with van der Waals surface area (Å²) < 4.78 is 0. The van der Waals surface area contributed by atoms with Crippen LogP contribution in [0.3, 0.4) is 0 Å². The number of aromatic nitrogens is 1. The normalized spacial score (nSPS) is 18.9. The standard InChI is InChI=1S/C30H35N7O4S/c31-30(32)34-13-3-6-23(27(40)29-33-14-15-42-29)35-28(41)24-11-10-22-17-36(18-26(39)37(22)24)25(38)12-8-19-7-9-20-4-1-2-5-21(20)16-19/h1-2,4-5,7,9,14-16,22-24H,3,6,8,10-13,17-18H2,(H,35,41)(H4,31,32,34). The maximum absolute atomic E-state index is 13.4. The lowest BCUT2D eigenvalue weighted by atomic mass is 10.0. The predicted molar refractivity (Wildman–Crippen MR) is 161 cm³/mol. The van der Waals surface area contributed by atoms with E-state index in [1.54, 1.807) is 21.4 Å². The molecule has 0 aliphatic carbocycles. The van der Waals surface area contributed by atoms with Crippen LogP contribution >= 0.6 is 11.3 Å². The van der Waals surface area contributed by atoms with E-state index in [9.17, 15) is 19.2 Å². The van der Waals surface area contributed by atoms with Crippen molar-refractivity contribution in [2.24, 2.45) is 16.5 Å². The Morgan fingerprint density at radius 2 is 1.93 bits per heavy atom. The van der Waals surface area contributed by atoms with Crippen molar-refractivity contribution < 1.29 is 19.2 Å². The number of thiazole rings is 1. The van der Waals surface area contributed by atoms with Gasteiger partial charge in [-0.1, -0.05) is 42.5 Å². The third-order valence-corrected chi connectivity index (χ3v) is 8.65. The fraction of sp³-hybridized carbons (Fsp3) is 0.400. The number of fused-ring (bicyclic) bond motifs is 2. The van der Waals surface area contributed by atoms with E-state index >= 15 is 0 Å². The van der Waals surface area contributed by atoms with Gasteiger partial charge in [-0.2, -0.15) is 0 Å². The first-order valence-corrected chi connectivity index (χ1v) is 15.0. The van der Waals surface area contributed by atoms with Crippen molar-refractivity contribution in [1.82, 2.24) is 20.1 Å². The molecule has 3 atom stereocenters. The van der Waals surface area contributed by atoms with Crippen LogP contribution in [0.1, 0.15) is 47.5 Å². The van der Waals surface area contributed by atoms with E-state index in [-0.39, 0.29) is 42.1 Å². The van der Waals surface area contributed by atoms with Gasteiger partial charge >= 0.3 is 0 Å². The van der Waals surface area contributed by atoms with E-state index in [0.29, 0.717) is 56.6 Å². The number of hydrogen-bond donors (Lipinski definition) is 3. The molecule has 2 aliphatic heterocycles. The first-order valence-electron chi connectivity index (χ1n) is 14.2. The van der Waals surface area contributed by atoms with E-state index in [1.165, 1.54) is 11.3 Å². The molecule has 2 aromatic carbocycles. The summed E-state index contributed by atoms with van der Waals surface area (Å²) in [5.74, 6) is -1.02. The van der Waals surface area contributed by atoms with Crippen LogP contribution in [0, 0.1) is 0 Å². The number of nitrogens with one attached hydrogen (secondary N) is 1. The van der Waals surface area contributed by atoms with Crippen molar-refractivity contribution in [2.75, 3.05) is 19.6 Å². The second-order valence-electron chi connectivity index (χ2n) is 10.7. The van der Waals surface area contributed by atoms with Gasteiger partial charge in [-0.15, -0.1) is 11.3 Å². The summed E-state index contributed by atoms with van der Waals surface area (Å²) in [7, 11) is 0. The molecule has 2 aliphatic rings. The summed E-state index contributed by atoms with van der Waals surface area (Å²) in [5.41, 5.74) is 11.9. The van der Waals surface area contributed by atoms with Gasteiger partial charge in [0, 0.05) is 31.1 Å². The van der Waals surface area contributed by atoms with Gasteiger partial charge in [-0.25, -0.2) is 4.98 Å². The predicted octanol–water partition coefficient (Wildman–Crippen LogP) is 1.85. The van der Waals surface area contributed by atoms with Crippen molar-refractivity contribution in [1.29, 1.82) is 0 Å².